The van der Waals surface area contributed by atoms with Crippen LogP contribution in [0.3, 0.4) is 0 Å². The minimum atomic E-state index is -1.92. The van der Waals surface area contributed by atoms with Gasteiger partial charge in [-0.3, -0.25) is 0 Å². The average molecular weight is 360 g/mol. The van der Waals surface area contributed by atoms with E-state index in [1.165, 1.54) is 7.11 Å². The number of aliphatic hydroxyl groups is 5. The molecule has 3 unspecified atom stereocenters. The monoisotopic (exact) mass is 360 g/mol. The van der Waals surface area contributed by atoms with Gasteiger partial charge in [0.15, 0.2) is 11.5 Å². The van der Waals surface area contributed by atoms with Crippen LogP contribution in [0.15, 0.2) is 24.3 Å². The second-order valence-electron chi connectivity index (χ2n) is 5.67. The Labute approximate surface area is 145 Å². The van der Waals surface area contributed by atoms with Gasteiger partial charge in [-0.15, -0.1) is 0 Å². The Morgan fingerprint density at radius 3 is 2.40 bits per heavy atom. The lowest BCUT2D eigenvalue weighted by Gasteiger charge is -2.31. The topological polar surface area (TPSA) is 138 Å². The van der Waals surface area contributed by atoms with Crippen molar-refractivity contribution in [2.45, 2.75) is 30.2 Å². The van der Waals surface area contributed by atoms with E-state index in [-0.39, 0.29) is 13.2 Å². The molecule has 0 aromatic heterocycles. The fourth-order valence-corrected chi connectivity index (χ4v) is 2.51. The number of para-hydroxylation sites is 2. The normalized spacial score (nSPS) is 30.2. The molecule has 9 nitrogen and oxygen atoms in total. The van der Waals surface area contributed by atoms with Crippen LogP contribution in [0.5, 0.6) is 11.5 Å². The molecular formula is C16H24O9. The highest BCUT2D eigenvalue weighted by atomic mass is 16.7. The molecule has 0 amide bonds. The minimum absolute atomic E-state index is 0.135. The van der Waals surface area contributed by atoms with E-state index in [2.05, 4.69) is 0 Å². The number of hydrogen-bond acceptors (Lipinski definition) is 9. The molecule has 5 N–H and O–H groups in total. The van der Waals surface area contributed by atoms with Crippen LogP contribution in [0, 0.1) is 0 Å². The van der Waals surface area contributed by atoms with Crippen LogP contribution in [-0.4, -0.2) is 89.3 Å². The van der Waals surface area contributed by atoms with Gasteiger partial charge in [0.2, 0.25) is 5.79 Å². The fourth-order valence-electron chi connectivity index (χ4n) is 2.51. The van der Waals surface area contributed by atoms with Gasteiger partial charge in [0, 0.05) is 0 Å². The molecule has 9 heteroatoms. The number of aliphatic hydroxyl groups excluding tert-OH is 5. The molecule has 2 rings (SSSR count). The maximum Gasteiger partial charge on any atom is 0.221 e. The zero-order valence-corrected chi connectivity index (χ0v) is 13.8. The van der Waals surface area contributed by atoms with E-state index in [0.29, 0.717) is 11.5 Å². The highest BCUT2D eigenvalue weighted by Gasteiger charge is 2.55. The van der Waals surface area contributed by atoms with E-state index in [9.17, 15) is 20.4 Å². The Kier molecular flexibility index (Phi) is 6.96. The highest BCUT2D eigenvalue weighted by Crippen LogP contribution is 2.32. The molecule has 1 saturated heterocycles. The van der Waals surface area contributed by atoms with Crippen LogP contribution >= 0.6 is 0 Å². The van der Waals surface area contributed by atoms with Crippen LogP contribution in [0.2, 0.25) is 0 Å². The van der Waals surface area contributed by atoms with Gasteiger partial charge in [-0.1, -0.05) is 12.1 Å². The molecule has 1 aromatic rings. The third-order valence-corrected chi connectivity index (χ3v) is 3.93. The van der Waals surface area contributed by atoms with E-state index < -0.39 is 43.4 Å². The van der Waals surface area contributed by atoms with Gasteiger partial charge in [-0.05, 0) is 12.1 Å². The predicted octanol–water partition coefficient (Wildman–Crippen LogP) is -1.75. The molecule has 1 heterocycles. The van der Waals surface area contributed by atoms with Gasteiger partial charge in [0.25, 0.3) is 0 Å². The molecule has 142 valence electrons. The number of rotatable bonds is 9. The summed E-state index contributed by atoms with van der Waals surface area (Å²) in [6.45, 7) is -1.79. The fraction of sp³-hybridized carbons (Fsp3) is 0.625. The first-order valence-corrected chi connectivity index (χ1v) is 7.81. The second kappa shape index (κ2) is 8.77. The van der Waals surface area contributed by atoms with Crippen molar-refractivity contribution in [3.63, 3.8) is 0 Å². The zero-order chi connectivity index (χ0) is 18.4. The molecule has 0 saturated carbocycles. The van der Waals surface area contributed by atoms with Crippen LogP contribution in [0.1, 0.15) is 0 Å². The largest absolute Gasteiger partial charge is 0.493 e. The van der Waals surface area contributed by atoms with Crippen molar-refractivity contribution < 1.29 is 44.5 Å². The SMILES string of the molecule is COc1ccccc1OCC(O)CO[C@]1(CO)O[C@H](CO)C(O)C1O. The summed E-state index contributed by atoms with van der Waals surface area (Å²) in [5, 5.41) is 48.3. The first kappa shape index (κ1) is 19.9. The molecule has 1 fully saturated rings. The maximum absolute atomic E-state index is 10.00. The van der Waals surface area contributed by atoms with Crippen LogP contribution < -0.4 is 9.47 Å². The molecule has 1 aliphatic rings. The van der Waals surface area contributed by atoms with Crippen molar-refractivity contribution in [3.8, 4) is 11.5 Å². The first-order chi connectivity index (χ1) is 12.0. The molecule has 1 aliphatic heterocycles. The maximum atomic E-state index is 10.00. The first-order valence-electron chi connectivity index (χ1n) is 7.81. The second-order valence-corrected chi connectivity index (χ2v) is 5.67. The number of hydrogen-bond donors (Lipinski definition) is 5. The summed E-state index contributed by atoms with van der Waals surface area (Å²) in [7, 11) is 1.49. The molecule has 0 radical (unpaired) electrons. The summed E-state index contributed by atoms with van der Waals surface area (Å²) in [6.07, 6.45) is -5.19. The Bertz CT molecular complexity index is 540. The number of methoxy groups -OCH3 is 1. The molecule has 25 heavy (non-hydrogen) atoms. The molecule has 0 bridgehead atoms. The van der Waals surface area contributed by atoms with Crippen molar-refractivity contribution >= 4 is 0 Å². The zero-order valence-electron chi connectivity index (χ0n) is 13.8. The summed E-state index contributed by atoms with van der Waals surface area (Å²) in [5.41, 5.74) is 0. The third-order valence-electron chi connectivity index (χ3n) is 3.93. The minimum Gasteiger partial charge on any atom is -0.493 e. The van der Waals surface area contributed by atoms with Crippen molar-refractivity contribution in [3.05, 3.63) is 24.3 Å². The van der Waals surface area contributed by atoms with Gasteiger partial charge in [0.05, 0.1) is 20.3 Å². The quantitative estimate of drug-likeness (QED) is 0.347. The summed E-state index contributed by atoms with van der Waals surface area (Å²) >= 11 is 0. The van der Waals surface area contributed by atoms with E-state index in [4.69, 9.17) is 24.1 Å². The van der Waals surface area contributed by atoms with Gasteiger partial charge in [-0.2, -0.15) is 0 Å². The Morgan fingerprint density at radius 2 is 1.84 bits per heavy atom. The molecule has 0 aliphatic carbocycles. The standard InChI is InChI=1S/C16H24O9/c1-22-11-4-2-3-5-12(11)23-7-10(19)8-24-16(9-18)15(21)14(20)13(6-17)25-16/h2-5,10,13-15,17-21H,6-9H2,1H3/t10?,13-,14?,15?,16-/m1/s1. The van der Waals surface area contributed by atoms with E-state index in [0.717, 1.165) is 0 Å². The smallest absolute Gasteiger partial charge is 0.221 e. The van der Waals surface area contributed by atoms with E-state index >= 15 is 0 Å². The van der Waals surface area contributed by atoms with Crippen molar-refractivity contribution in [2.24, 2.45) is 0 Å². The lowest BCUT2D eigenvalue weighted by molar-refractivity contribution is -0.283. The molecule has 1 aromatic carbocycles. The number of ether oxygens (including phenoxy) is 4. The summed E-state index contributed by atoms with van der Waals surface area (Å²) in [4.78, 5) is 0. The van der Waals surface area contributed by atoms with Gasteiger partial charge >= 0.3 is 0 Å². The van der Waals surface area contributed by atoms with Gasteiger partial charge in [0.1, 0.15) is 37.6 Å². The van der Waals surface area contributed by atoms with Crippen LogP contribution in [0.4, 0.5) is 0 Å². The summed E-state index contributed by atoms with van der Waals surface area (Å²) < 4.78 is 21.1. The third kappa shape index (κ3) is 4.39. The Balaban J connectivity index is 1.89. The van der Waals surface area contributed by atoms with Gasteiger partial charge < -0.3 is 44.5 Å². The predicted molar refractivity (Wildman–Crippen MR) is 84.2 cm³/mol. The van der Waals surface area contributed by atoms with E-state index in [1.54, 1.807) is 24.3 Å². The molecule has 0 spiro atoms. The van der Waals surface area contributed by atoms with Crippen molar-refractivity contribution in [1.82, 2.24) is 0 Å². The summed E-state index contributed by atoms with van der Waals surface area (Å²) in [6, 6.07) is 6.91. The van der Waals surface area contributed by atoms with Crippen molar-refractivity contribution in [1.29, 1.82) is 0 Å². The Hall–Kier alpha value is -1.46. The van der Waals surface area contributed by atoms with Gasteiger partial charge in [-0.25, -0.2) is 0 Å². The Morgan fingerprint density at radius 1 is 1.16 bits per heavy atom. The van der Waals surface area contributed by atoms with Crippen LogP contribution in [-0.2, 0) is 9.47 Å². The average Bonchev–Trinajstić information content (AvgIpc) is 2.89. The lowest BCUT2D eigenvalue weighted by atomic mass is 10.1. The van der Waals surface area contributed by atoms with Crippen molar-refractivity contribution in [2.75, 3.05) is 33.5 Å². The van der Waals surface area contributed by atoms with E-state index in [1.807, 2.05) is 0 Å². The highest BCUT2D eigenvalue weighted by molar-refractivity contribution is 5.39. The number of benzene rings is 1. The van der Waals surface area contributed by atoms with Crippen LogP contribution in [0.25, 0.3) is 0 Å². The summed E-state index contributed by atoms with van der Waals surface area (Å²) in [5.74, 6) is -0.974. The molecule has 5 atom stereocenters. The molecular weight excluding hydrogens is 336 g/mol. The lowest BCUT2D eigenvalue weighted by Crippen LogP contribution is -2.50.